The van der Waals surface area contributed by atoms with Crippen molar-refractivity contribution < 1.29 is 4.92 Å². The van der Waals surface area contributed by atoms with E-state index in [-0.39, 0.29) is 10.6 Å². The van der Waals surface area contributed by atoms with Gasteiger partial charge in [0, 0.05) is 55.3 Å². The van der Waals surface area contributed by atoms with Gasteiger partial charge in [0.25, 0.3) is 5.69 Å². The van der Waals surface area contributed by atoms with Crippen LogP contribution >= 0.6 is 0 Å². The molecule has 1 aliphatic rings. The summed E-state index contributed by atoms with van der Waals surface area (Å²) in [6.07, 6.45) is 2.16. The molecule has 0 aliphatic carbocycles. The van der Waals surface area contributed by atoms with E-state index in [4.69, 9.17) is 0 Å². The predicted molar refractivity (Wildman–Crippen MR) is 111 cm³/mol. The number of non-ortho nitro benzene ring substituents is 1. The Balaban J connectivity index is 1.75. The van der Waals surface area contributed by atoms with Gasteiger partial charge in [-0.2, -0.15) is 0 Å². The summed E-state index contributed by atoms with van der Waals surface area (Å²) in [5.41, 5.74) is 5.90. The molecular weight excluding hydrogens is 338 g/mol. The first-order valence-corrected chi connectivity index (χ1v) is 9.13. The number of hydrogen-bond donors (Lipinski definition) is 0. The second-order valence-corrected chi connectivity index (χ2v) is 6.94. The van der Waals surface area contributed by atoms with Crippen LogP contribution in [0.3, 0.4) is 0 Å². The molecule has 5 nitrogen and oxygen atoms in total. The van der Waals surface area contributed by atoms with E-state index in [2.05, 4.69) is 53.6 Å². The molecule has 1 saturated heterocycles. The number of nitrogens with zero attached hydrogens (tertiary/aromatic N) is 3. The van der Waals surface area contributed by atoms with Crippen LogP contribution in [0, 0.1) is 17.0 Å². The van der Waals surface area contributed by atoms with E-state index < -0.39 is 0 Å². The third kappa shape index (κ3) is 4.37. The zero-order chi connectivity index (χ0) is 19.4. The minimum absolute atomic E-state index is 0.128. The third-order valence-corrected chi connectivity index (χ3v) is 4.85. The van der Waals surface area contributed by atoms with E-state index in [0.29, 0.717) is 0 Å². The average molecular weight is 363 g/mol. The Hall–Kier alpha value is -3.08. The molecule has 1 fully saturated rings. The molecule has 0 saturated carbocycles. The molecule has 5 heteroatoms. The standard InChI is InChI=1S/C22H25N3O2/c1-17(2)16-22(21-7-5-4-6-18(21)3)24-14-12-23(13-15-24)19-8-10-20(11-9-19)25(26)27/h4-11,16H,1,12-15H2,2-3H3/b22-16+. The van der Waals surface area contributed by atoms with Crippen LogP contribution < -0.4 is 4.90 Å². The molecule has 0 atom stereocenters. The van der Waals surface area contributed by atoms with E-state index in [1.807, 2.05) is 19.1 Å². The normalized spacial score (nSPS) is 15.0. The maximum atomic E-state index is 10.8. The largest absolute Gasteiger partial charge is 0.368 e. The molecule has 0 N–H and O–H groups in total. The van der Waals surface area contributed by atoms with Crippen LogP contribution in [0.5, 0.6) is 0 Å². The van der Waals surface area contributed by atoms with Crippen molar-refractivity contribution in [3.05, 3.63) is 88.0 Å². The lowest BCUT2D eigenvalue weighted by Crippen LogP contribution is -2.45. The number of aryl methyl sites for hydroxylation is 1. The van der Waals surface area contributed by atoms with Crippen LogP contribution in [0.1, 0.15) is 18.1 Å². The number of nitro benzene ring substituents is 1. The Bertz CT molecular complexity index is 863. The first kappa shape index (κ1) is 18.7. The molecule has 0 spiro atoms. The van der Waals surface area contributed by atoms with Gasteiger partial charge < -0.3 is 9.80 Å². The SMILES string of the molecule is C=C(C)/C=C(\c1ccccc1C)N1CCN(c2ccc([N+](=O)[O-])cc2)CC1. The summed E-state index contributed by atoms with van der Waals surface area (Å²) in [4.78, 5) is 15.1. The molecule has 1 aliphatic heterocycles. The molecule has 140 valence electrons. The highest BCUT2D eigenvalue weighted by atomic mass is 16.6. The fourth-order valence-corrected chi connectivity index (χ4v) is 3.42. The first-order chi connectivity index (χ1) is 13.0. The van der Waals surface area contributed by atoms with Gasteiger partial charge in [-0.1, -0.05) is 36.4 Å². The van der Waals surface area contributed by atoms with Crippen molar-refractivity contribution in [1.82, 2.24) is 4.90 Å². The average Bonchev–Trinajstić information content (AvgIpc) is 2.67. The Morgan fingerprint density at radius 2 is 1.70 bits per heavy atom. The van der Waals surface area contributed by atoms with Crippen molar-refractivity contribution in [3.63, 3.8) is 0 Å². The second kappa shape index (κ2) is 8.08. The highest BCUT2D eigenvalue weighted by Gasteiger charge is 2.21. The lowest BCUT2D eigenvalue weighted by Gasteiger charge is -2.39. The van der Waals surface area contributed by atoms with E-state index in [1.54, 1.807) is 12.1 Å². The zero-order valence-electron chi connectivity index (χ0n) is 15.9. The minimum atomic E-state index is -0.362. The third-order valence-electron chi connectivity index (χ3n) is 4.85. The molecule has 1 heterocycles. The van der Waals surface area contributed by atoms with Crippen molar-refractivity contribution in [1.29, 1.82) is 0 Å². The number of hydrogen-bond acceptors (Lipinski definition) is 4. The fourth-order valence-electron chi connectivity index (χ4n) is 3.42. The summed E-state index contributed by atoms with van der Waals surface area (Å²) in [5.74, 6) is 0. The minimum Gasteiger partial charge on any atom is -0.368 e. The lowest BCUT2D eigenvalue weighted by atomic mass is 10.0. The predicted octanol–water partition coefficient (Wildman–Crippen LogP) is 4.64. The van der Waals surface area contributed by atoms with Crippen LogP contribution in [-0.4, -0.2) is 36.0 Å². The molecule has 0 aromatic heterocycles. The Morgan fingerprint density at radius 1 is 1.07 bits per heavy atom. The van der Waals surface area contributed by atoms with Crippen LogP contribution in [0.25, 0.3) is 5.70 Å². The number of benzene rings is 2. The van der Waals surface area contributed by atoms with Crippen molar-refractivity contribution in [2.75, 3.05) is 31.1 Å². The summed E-state index contributed by atoms with van der Waals surface area (Å²) in [6, 6.07) is 15.2. The Morgan fingerprint density at radius 3 is 2.26 bits per heavy atom. The van der Waals surface area contributed by atoms with Gasteiger partial charge in [0.15, 0.2) is 0 Å². The van der Waals surface area contributed by atoms with E-state index in [1.165, 1.54) is 16.8 Å². The van der Waals surface area contributed by atoms with Crippen LogP contribution in [0.4, 0.5) is 11.4 Å². The Kier molecular flexibility index (Phi) is 5.60. The number of anilines is 1. The molecule has 0 amide bonds. The summed E-state index contributed by atoms with van der Waals surface area (Å²) in [5, 5.41) is 10.8. The van der Waals surface area contributed by atoms with Gasteiger partial charge in [0.1, 0.15) is 0 Å². The number of allylic oxidation sites excluding steroid dienone is 2. The van der Waals surface area contributed by atoms with Crippen molar-refractivity contribution in [2.24, 2.45) is 0 Å². The Labute approximate surface area is 160 Å². The van der Waals surface area contributed by atoms with Crippen LogP contribution in [0.15, 0.2) is 66.8 Å². The highest BCUT2D eigenvalue weighted by Crippen LogP contribution is 2.27. The number of nitro groups is 1. The summed E-state index contributed by atoms with van der Waals surface area (Å²) in [7, 11) is 0. The van der Waals surface area contributed by atoms with Crippen molar-refractivity contribution in [3.8, 4) is 0 Å². The van der Waals surface area contributed by atoms with Crippen LogP contribution in [-0.2, 0) is 0 Å². The molecule has 0 bridgehead atoms. The second-order valence-electron chi connectivity index (χ2n) is 6.94. The molecular formula is C22H25N3O2. The van der Waals surface area contributed by atoms with Gasteiger partial charge in [-0.15, -0.1) is 0 Å². The van der Waals surface area contributed by atoms with Crippen molar-refractivity contribution >= 4 is 17.1 Å². The van der Waals surface area contributed by atoms with Gasteiger partial charge in [0.05, 0.1) is 4.92 Å². The quantitative estimate of drug-likeness (QED) is 0.441. The molecule has 2 aromatic rings. The van der Waals surface area contributed by atoms with Gasteiger partial charge in [-0.05, 0) is 37.6 Å². The maximum Gasteiger partial charge on any atom is 0.269 e. The number of rotatable bonds is 5. The van der Waals surface area contributed by atoms with E-state index >= 15 is 0 Å². The zero-order valence-corrected chi connectivity index (χ0v) is 15.9. The van der Waals surface area contributed by atoms with Gasteiger partial charge in [-0.3, -0.25) is 10.1 Å². The molecule has 2 aromatic carbocycles. The maximum absolute atomic E-state index is 10.8. The first-order valence-electron chi connectivity index (χ1n) is 9.13. The fraction of sp³-hybridized carbons (Fsp3) is 0.273. The van der Waals surface area contributed by atoms with Crippen LogP contribution in [0.2, 0.25) is 0 Å². The molecule has 0 radical (unpaired) electrons. The van der Waals surface area contributed by atoms with Gasteiger partial charge in [0.2, 0.25) is 0 Å². The van der Waals surface area contributed by atoms with Gasteiger partial charge >= 0.3 is 0 Å². The van der Waals surface area contributed by atoms with Crippen molar-refractivity contribution in [2.45, 2.75) is 13.8 Å². The monoisotopic (exact) mass is 363 g/mol. The summed E-state index contributed by atoms with van der Waals surface area (Å²) < 4.78 is 0. The topological polar surface area (TPSA) is 49.6 Å². The van der Waals surface area contributed by atoms with E-state index in [9.17, 15) is 10.1 Å². The number of piperazine rings is 1. The van der Waals surface area contributed by atoms with Gasteiger partial charge in [-0.25, -0.2) is 0 Å². The summed E-state index contributed by atoms with van der Waals surface area (Å²) >= 11 is 0. The molecule has 0 unspecified atom stereocenters. The molecule has 27 heavy (non-hydrogen) atoms. The summed E-state index contributed by atoms with van der Waals surface area (Å²) in [6.45, 7) is 11.7. The smallest absolute Gasteiger partial charge is 0.269 e. The van der Waals surface area contributed by atoms with E-state index in [0.717, 1.165) is 37.4 Å². The lowest BCUT2D eigenvalue weighted by molar-refractivity contribution is -0.384. The molecule has 3 rings (SSSR count). The highest BCUT2D eigenvalue weighted by molar-refractivity contribution is 5.69.